The number of halogens is 1. The van der Waals surface area contributed by atoms with Crippen LogP contribution in [0.2, 0.25) is 5.02 Å². The number of hydrogen-bond donors (Lipinski definition) is 2. The first-order valence-corrected chi connectivity index (χ1v) is 9.03. The Morgan fingerprint density at radius 2 is 1.96 bits per heavy atom. The zero-order chi connectivity index (χ0) is 18.1. The summed E-state index contributed by atoms with van der Waals surface area (Å²) >= 11 is 6.24. The van der Waals surface area contributed by atoms with E-state index in [4.69, 9.17) is 11.6 Å². The standard InChI is InChI=1S/C21H23ClO3/c1-12-5-3-4-6-14-10-15(14)7-13(2)9-17(23)20-16(8-12)21(22)19(25)11-18(20)24/h3-6,11,13-15,24-25H,1,7-10H2,2H3/b5-3+,6-4-/t13-,14?,15?/m1/s1. The number of fused-ring (bicyclic) bond motifs is 2. The topological polar surface area (TPSA) is 57.5 Å². The van der Waals surface area contributed by atoms with Gasteiger partial charge in [0.25, 0.3) is 0 Å². The number of phenolic OH excluding ortho intramolecular Hbond substituents is 2. The van der Waals surface area contributed by atoms with Crippen LogP contribution in [-0.4, -0.2) is 16.0 Å². The van der Waals surface area contributed by atoms with Crippen LogP contribution in [0.25, 0.3) is 0 Å². The Morgan fingerprint density at radius 1 is 1.20 bits per heavy atom. The number of aromatic hydroxyl groups is 2. The Morgan fingerprint density at radius 3 is 2.72 bits per heavy atom. The molecule has 2 aliphatic carbocycles. The van der Waals surface area contributed by atoms with Crippen molar-refractivity contribution in [3.63, 3.8) is 0 Å². The van der Waals surface area contributed by atoms with Crippen LogP contribution in [0, 0.1) is 17.8 Å². The second-order valence-corrected chi connectivity index (χ2v) is 7.67. The molecule has 0 bridgehead atoms. The Kier molecular flexibility index (Phi) is 5.05. The zero-order valence-electron chi connectivity index (χ0n) is 14.3. The van der Waals surface area contributed by atoms with Gasteiger partial charge in [-0.25, -0.2) is 0 Å². The van der Waals surface area contributed by atoms with Crippen LogP contribution in [0.3, 0.4) is 0 Å². The number of rotatable bonds is 0. The number of phenols is 2. The largest absolute Gasteiger partial charge is 0.507 e. The summed E-state index contributed by atoms with van der Waals surface area (Å²) < 4.78 is 0. The highest BCUT2D eigenvalue weighted by molar-refractivity contribution is 6.33. The Hall–Kier alpha value is -2.00. The van der Waals surface area contributed by atoms with Crippen molar-refractivity contribution in [1.82, 2.24) is 0 Å². The summed E-state index contributed by atoms with van der Waals surface area (Å²) in [5.74, 6) is 0.890. The van der Waals surface area contributed by atoms with E-state index in [1.165, 1.54) is 6.42 Å². The quantitative estimate of drug-likeness (QED) is 0.669. The van der Waals surface area contributed by atoms with Crippen molar-refractivity contribution in [2.75, 3.05) is 0 Å². The SMILES string of the molecule is C=C1/C=C/C=C\C2CC2C[C@@H](C)CC(=O)c2c(O)cc(O)c(Cl)c2C1. The van der Waals surface area contributed by atoms with Gasteiger partial charge in [-0.3, -0.25) is 4.79 Å². The molecule has 0 aromatic heterocycles. The maximum Gasteiger partial charge on any atom is 0.167 e. The van der Waals surface area contributed by atoms with Gasteiger partial charge in [-0.15, -0.1) is 0 Å². The molecule has 132 valence electrons. The predicted octanol–water partition coefficient (Wildman–Crippen LogP) is 5.21. The molecule has 25 heavy (non-hydrogen) atoms. The third-order valence-electron chi connectivity index (χ3n) is 5.02. The number of carbonyl (C=O) groups is 1. The van der Waals surface area contributed by atoms with E-state index < -0.39 is 0 Å². The first kappa shape index (κ1) is 17.8. The van der Waals surface area contributed by atoms with Crippen LogP contribution in [-0.2, 0) is 6.42 Å². The third-order valence-corrected chi connectivity index (χ3v) is 5.44. The molecule has 3 nitrogen and oxygen atoms in total. The van der Waals surface area contributed by atoms with Gasteiger partial charge < -0.3 is 10.2 Å². The minimum absolute atomic E-state index is 0.105. The summed E-state index contributed by atoms with van der Waals surface area (Å²) in [7, 11) is 0. The van der Waals surface area contributed by atoms with E-state index in [1.54, 1.807) is 0 Å². The van der Waals surface area contributed by atoms with E-state index in [0.717, 1.165) is 18.1 Å². The molecule has 0 aliphatic heterocycles. The van der Waals surface area contributed by atoms with Gasteiger partial charge >= 0.3 is 0 Å². The molecule has 1 aromatic carbocycles. The monoisotopic (exact) mass is 358 g/mol. The van der Waals surface area contributed by atoms with Gasteiger partial charge in [0, 0.05) is 12.5 Å². The molecule has 0 saturated heterocycles. The molecule has 0 radical (unpaired) electrons. The normalized spacial score (nSPS) is 29.3. The molecule has 2 unspecified atom stereocenters. The number of allylic oxidation sites excluding steroid dienone is 5. The highest BCUT2D eigenvalue weighted by Gasteiger charge is 2.36. The summed E-state index contributed by atoms with van der Waals surface area (Å²) in [5.41, 5.74) is 1.41. The Balaban J connectivity index is 2.01. The van der Waals surface area contributed by atoms with Gasteiger partial charge in [0.05, 0.1) is 10.6 Å². The van der Waals surface area contributed by atoms with Crippen molar-refractivity contribution in [3.8, 4) is 11.5 Å². The van der Waals surface area contributed by atoms with Crippen molar-refractivity contribution < 1.29 is 15.0 Å². The van der Waals surface area contributed by atoms with Crippen molar-refractivity contribution >= 4 is 17.4 Å². The summed E-state index contributed by atoms with van der Waals surface area (Å²) in [5, 5.41) is 20.3. The average molecular weight is 359 g/mol. The lowest BCUT2D eigenvalue weighted by atomic mass is 9.90. The molecule has 0 amide bonds. The van der Waals surface area contributed by atoms with Crippen molar-refractivity contribution in [2.45, 2.75) is 32.6 Å². The van der Waals surface area contributed by atoms with Gasteiger partial charge in [0.15, 0.2) is 5.78 Å². The molecular formula is C21H23ClO3. The first-order valence-electron chi connectivity index (χ1n) is 8.66. The van der Waals surface area contributed by atoms with Crippen molar-refractivity contribution in [1.29, 1.82) is 0 Å². The van der Waals surface area contributed by atoms with Crippen molar-refractivity contribution in [3.05, 3.63) is 58.7 Å². The number of carbonyl (C=O) groups excluding carboxylic acids is 1. The van der Waals surface area contributed by atoms with E-state index in [2.05, 4.69) is 19.6 Å². The van der Waals surface area contributed by atoms with Crippen LogP contribution < -0.4 is 0 Å². The van der Waals surface area contributed by atoms with Gasteiger partial charge in [-0.1, -0.05) is 55.0 Å². The molecule has 3 rings (SSSR count). The van der Waals surface area contributed by atoms with E-state index in [0.29, 0.717) is 30.2 Å². The van der Waals surface area contributed by atoms with Crippen LogP contribution >= 0.6 is 11.6 Å². The van der Waals surface area contributed by atoms with Crippen molar-refractivity contribution in [2.24, 2.45) is 17.8 Å². The third kappa shape index (κ3) is 3.98. The first-order chi connectivity index (χ1) is 11.9. The van der Waals surface area contributed by atoms with Crippen LogP contribution in [0.1, 0.15) is 42.1 Å². The molecule has 2 aliphatic rings. The van der Waals surface area contributed by atoms with Gasteiger partial charge in [-0.2, -0.15) is 0 Å². The molecule has 3 atom stereocenters. The molecule has 2 N–H and O–H groups in total. The van der Waals surface area contributed by atoms with E-state index >= 15 is 0 Å². The van der Waals surface area contributed by atoms with E-state index in [-0.39, 0.29) is 33.8 Å². The summed E-state index contributed by atoms with van der Waals surface area (Å²) in [6.07, 6.45) is 10.9. The fourth-order valence-electron chi connectivity index (χ4n) is 3.64. The minimum atomic E-state index is -0.225. The fraction of sp³-hybridized carbons (Fsp3) is 0.381. The Labute approximate surface area is 153 Å². The average Bonchev–Trinajstić information content (AvgIpc) is 3.25. The molecule has 0 spiro atoms. The van der Waals surface area contributed by atoms with Gasteiger partial charge in [-0.05, 0) is 42.6 Å². The second kappa shape index (κ2) is 7.09. The number of hydrogen-bond acceptors (Lipinski definition) is 3. The number of Topliss-reactive ketones (excluding diaryl/α,β-unsaturated/α-hetero) is 1. The molecule has 1 fully saturated rings. The smallest absolute Gasteiger partial charge is 0.167 e. The highest BCUT2D eigenvalue weighted by atomic mass is 35.5. The van der Waals surface area contributed by atoms with Crippen LogP contribution in [0.5, 0.6) is 11.5 Å². The lowest BCUT2D eigenvalue weighted by Crippen LogP contribution is -2.11. The second-order valence-electron chi connectivity index (χ2n) is 7.29. The lowest BCUT2D eigenvalue weighted by Gasteiger charge is -2.16. The molecule has 1 saturated carbocycles. The highest BCUT2D eigenvalue weighted by Crippen LogP contribution is 2.45. The molecular weight excluding hydrogens is 336 g/mol. The minimum Gasteiger partial charge on any atom is -0.507 e. The zero-order valence-corrected chi connectivity index (χ0v) is 15.1. The van der Waals surface area contributed by atoms with Gasteiger partial charge in [0.1, 0.15) is 11.5 Å². The number of ketones is 1. The van der Waals surface area contributed by atoms with E-state index in [1.807, 2.05) is 18.2 Å². The van der Waals surface area contributed by atoms with Crippen LogP contribution in [0.15, 0.2) is 42.5 Å². The molecule has 1 aromatic rings. The fourth-order valence-corrected chi connectivity index (χ4v) is 3.86. The predicted molar refractivity (Wildman–Crippen MR) is 100 cm³/mol. The number of benzene rings is 1. The van der Waals surface area contributed by atoms with E-state index in [9.17, 15) is 15.0 Å². The molecule has 0 heterocycles. The summed E-state index contributed by atoms with van der Waals surface area (Å²) in [6, 6.07) is 1.14. The van der Waals surface area contributed by atoms with Gasteiger partial charge in [0.2, 0.25) is 0 Å². The van der Waals surface area contributed by atoms with Crippen LogP contribution in [0.4, 0.5) is 0 Å². The maximum atomic E-state index is 12.8. The summed E-state index contributed by atoms with van der Waals surface area (Å²) in [6.45, 7) is 6.07. The summed E-state index contributed by atoms with van der Waals surface area (Å²) in [4.78, 5) is 12.8. The maximum absolute atomic E-state index is 12.8. The Bertz CT molecular complexity index is 776. The lowest BCUT2D eigenvalue weighted by molar-refractivity contribution is 0.0958. The molecule has 4 heteroatoms.